The summed E-state index contributed by atoms with van der Waals surface area (Å²) in [5.74, 6) is 1.47. The van der Waals surface area contributed by atoms with Gasteiger partial charge in [0, 0.05) is 26.4 Å². The molecule has 0 spiro atoms. The Labute approximate surface area is 163 Å². The van der Waals surface area contributed by atoms with Gasteiger partial charge in [0.2, 0.25) is 0 Å². The van der Waals surface area contributed by atoms with Crippen LogP contribution in [0.5, 0.6) is 0 Å². The molecule has 0 heterocycles. The van der Waals surface area contributed by atoms with Gasteiger partial charge in [-0.25, -0.2) is 8.42 Å². The van der Waals surface area contributed by atoms with Gasteiger partial charge in [-0.2, -0.15) is 0 Å². The molecule has 0 bridgehead atoms. The Bertz CT molecular complexity index is 643. The first-order valence-corrected chi connectivity index (χ1v) is 9.87. The maximum absolute atomic E-state index is 11.6. The normalized spacial score (nSPS) is 12.0. The largest absolute Gasteiger partial charge is 0.356 e. The highest BCUT2D eigenvalue weighted by molar-refractivity contribution is 14.0. The first kappa shape index (κ1) is 23.2. The minimum Gasteiger partial charge on any atom is -0.356 e. The predicted octanol–water partition coefficient (Wildman–Crippen LogP) is 3.12. The minimum atomic E-state index is -3.16. The van der Waals surface area contributed by atoms with Crippen molar-refractivity contribution in [3.05, 3.63) is 29.3 Å². The molecule has 0 saturated carbocycles. The van der Waals surface area contributed by atoms with Crippen molar-refractivity contribution < 1.29 is 8.42 Å². The molecule has 138 valence electrons. The van der Waals surface area contributed by atoms with Crippen LogP contribution in [0.3, 0.4) is 0 Å². The van der Waals surface area contributed by atoms with Gasteiger partial charge >= 0.3 is 0 Å². The molecule has 1 aromatic rings. The van der Waals surface area contributed by atoms with Crippen LogP contribution in [0.2, 0.25) is 0 Å². The van der Waals surface area contributed by atoms with Crippen molar-refractivity contribution in [2.24, 2.45) is 10.9 Å². The van der Waals surface area contributed by atoms with E-state index >= 15 is 0 Å². The van der Waals surface area contributed by atoms with Crippen molar-refractivity contribution in [3.63, 3.8) is 0 Å². The first-order chi connectivity index (χ1) is 10.7. The lowest BCUT2D eigenvalue weighted by atomic mass is 10.1. The summed E-state index contributed by atoms with van der Waals surface area (Å²) in [5.41, 5.74) is 1.80. The summed E-state index contributed by atoms with van der Waals surface area (Å²) >= 11 is 0. The topological polar surface area (TPSA) is 70.6 Å². The molecule has 0 aliphatic heterocycles. The molecule has 1 rings (SSSR count). The molecule has 0 unspecified atom stereocenters. The number of halogens is 1. The molecule has 2 N–H and O–H groups in total. The molecular formula is C17H30IN3O2S. The number of guanidine groups is 1. The van der Waals surface area contributed by atoms with E-state index in [2.05, 4.69) is 29.5 Å². The van der Waals surface area contributed by atoms with Crippen molar-refractivity contribution in [1.29, 1.82) is 0 Å². The molecule has 1 aromatic carbocycles. The van der Waals surface area contributed by atoms with Gasteiger partial charge in [0.1, 0.15) is 0 Å². The second-order valence-corrected chi connectivity index (χ2v) is 8.24. The number of benzene rings is 1. The predicted molar refractivity (Wildman–Crippen MR) is 112 cm³/mol. The average Bonchev–Trinajstić information content (AvgIpc) is 2.45. The van der Waals surface area contributed by atoms with Crippen LogP contribution in [-0.2, 0) is 16.4 Å². The third kappa shape index (κ3) is 8.32. The SMILES string of the molecule is CN=C(NCCCC(C)C)NCc1ccc(S(C)(=O)=O)c(C)c1.I. The van der Waals surface area contributed by atoms with E-state index in [1.807, 2.05) is 19.1 Å². The van der Waals surface area contributed by atoms with Crippen LogP contribution in [0.4, 0.5) is 0 Å². The molecule has 24 heavy (non-hydrogen) atoms. The van der Waals surface area contributed by atoms with Gasteiger partial charge < -0.3 is 10.6 Å². The van der Waals surface area contributed by atoms with Gasteiger partial charge in [-0.1, -0.05) is 26.0 Å². The number of nitrogens with zero attached hydrogens (tertiary/aromatic N) is 1. The van der Waals surface area contributed by atoms with Gasteiger partial charge in [-0.05, 0) is 42.9 Å². The Morgan fingerprint density at radius 3 is 2.42 bits per heavy atom. The fourth-order valence-electron chi connectivity index (χ4n) is 2.36. The average molecular weight is 467 g/mol. The van der Waals surface area contributed by atoms with E-state index in [-0.39, 0.29) is 24.0 Å². The van der Waals surface area contributed by atoms with Gasteiger partial charge in [0.25, 0.3) is 0 Å². The fourth-order valence-corrected chi connectivity index (χ4v) is 3.32. The lowest BCUT2D eigenvalue weighted by Crippen LogP contribution is -2.37. The van der Waals surface area contributed by atoms with E-state index in [9.17, 15) is 8.42 Å². The summed E-state index contributed by atoms with van der Waals surface area (Å²) < 4.78 is 23.3. The standard InChI is InChI=1S/C17H29N3O2S.HI/c1-13(2)7-6-10-19-17(18-4)20-12-15-8-9-16(14(3)11-15)23(5,21)22;/h8-9,11,13H,6-7,10,12H2,1-5H3,(H2,18,19,20);1H. The number of hydrogen-bond donors (Lipinski definition) is 2. The van der Waals surface area contributed by atoms with Crippen LogP contribution in [0.15, 0.2) is 28.1 Å². The molecule has 0 fully saturated rings. The number of rotatable bonds is 7. The van der Waals surface area contributed by atoms with Gasteiger partial charge in [0.05, 0.1) is 4.90 Å². The van der Waals surface area contributed by atoms with E-state index in [0.717, 1.165) is 30.1 Å². The van der Waals surface area contributed by atoms with Gasteiger partial charge in [0.15, 0.2) is 15.8 Å². The van der Waals surface area contributed by atoms with Gasteiger partial charge in [-0.15, -0.1) is 24.0 Å². The maximum atomic E-state index is 11.6. The zero-order valence-corrected chi connectivity index (χ0v) is 18.4. The van der Waals surface area contributed by atoms with Gasteiger partial charge in [-0.3, -0.25) is 4.99 Å². The van der Waals surface area contributed by atoms with Crippen molar-refractivity contribution in [3.8, 4) is 0 Å². The Morgan fingerprint density at radius 1 is 1.25 bits per heavy atom. The lowest BCUT2D eigenvalue weighted by molar-refractivity contribution is 0.549. The van der Waals surface area contributed by atoms with Crippen LogP contribution in [0.1, 0.15) is 37.8 Å². The molecule has 0 amide bonds. The second-order valence-electron chi connectivity index (χ2n) is 6.26. The molecule has 0 atom stereocenters. The minimum absolute atomic E-state index is 0. The molecular weight excluding hydrogens is 437 g/mol. The quantitative estimate of drug-likeness (QED) is 0.280. The number of aryl methyl sites for hydroxylation is 1. The fraction of sp³-hybridized carbons (Fsp3) is 0.588. The third-order valence-corrected chi connectivity index (χ3v) is 4.83. The Kier molecular flexibility index (Phi) is 10.5. The highest BCUT2D eigenvalue weighted by atomic mass is 127. The zero-order chi connectivity index (χ0) is 17.5. The summed E-state index contributed by atoms with van der Waals surface area (Å²) in [4.78, 5) is 4.58. The first-order valence-electron chi connectivity index (χ1n) is 7.98. The van der Waals surface area contributed by atoms with E-state index in [1.165, 1.54) is 12.7 Å². The van der Waals surface area contributed by atoms with E-state index in [4.69, 9.17) is 0 Å². The van der Waals surface area contributed by atoms with Crippen molar-refractivity contribution >= 4 is 39.8 Å². The molecule has 5 nitrogen and oxygen atoms in total. The second kappa shape index (κ2) is 10.9. The summed E-state index contributed by atoms with van der Waals surface area (Å²) in [7, 11) is -1.42. The van der Waals surface area contributed by atoms with Crippen LogP contribution in [-0.4, -0.2) is 34.2 Å². The number of hydrogen-bond acceptors (Lipinski definition) is 3. The highest BCUT2D eigenvalue weighted by Crippen LogP contribution is 2.16. The molecule has 0 aromatic heterocycles. The number of aliphatic imine (C=N–C) groups is 1. The third-order valence-electron chi connectivity index (χ3n) is 3.57. The Morgan fingerprint density at radius 2 is 1.92 bits per heavy atom. The van der Waals surface area contributed by atoms with Crippen LogP contribution < -0.4 is 10.6 Å². The summed E-state index contributed by atoms with van der Waals surface area (Å²) in [6.45, 7) is 7.75. The maximum Gasteiger partial charge on any atom is 0.191 e. The Balaban J connectivity index is 0.00000529. The smallest absolute Gasteiger partial charge is 0.191 e. The summed E-state index contributed by atoms with van der Waals surface area (Å²) in [6.07, 6.45) is 3.53. The number of sulfone groups is 1. The van der Waals surface area contributed by atoms with Crippen LogP contribution in [0, 0.1) is 12.8 Å². The van der Waals surface area contributed by atoms with Crippen LogP contribution in [0.25, 0.3) is 0 Å². The lowest BCUT2D eigenvalue weighted by Gasteiger charge is -2.13. The number of nitrogens with one attached hydrogen (secondary N) is 2. The monoisotopic (exact) mass is 467 g/mol. The van der Waals surface area contributed by atoms with Crippen LogP contribution >= 0.6 is 24.0 Å². The van der Waals surface area contributed by atoms with E-state index in [0.29, 0.717) is 17.4 Å². The molecule has 0 aliphatic carbocycles. The van der Waals surface area contributed by atoms with Crippen molar-refractivity contribution in [2.75, 3.05) is 19.8 Å². The zero-order valence-electron chi connectivity index (χ0n) is 15.2. The van der Waals surface area contributed by atoms with E-state index < -0.39 is 9.84 Å². The Hall–Kier alpha value is -0.830. The molecule has 0 aliphatic rings. The van der Waals surface area contributed by atoms with E-state index in [1.54, 1.807) is 13.1 Å². The molecule has 0 saturated heterocycles. The van der Waals surface area contributed by atoms with Crippen molar-refractivity contribution in [1.82, 2.24) is 10.6 Å². The molecule has 0 radical (unpaired) electrons. The van der Waals surface area contributed by atoms with Crippen molar-refractivity contribution in [2.45, 2.75) is 45.1 Å². The summed E-state index contributed by atoms with van der Waals surface area (Å²) in [6, 6.07) is 5.40. The molecule has 7 heteroatoms. The summed E-state index contributed by atoms with van der Waals surface area (Å²) in [5, 5.41) is 6.54. The highest BCUT2D eigenvalue weighted by Gasteiger charge is 2.10.